The molecular formula is C3H11P3. The van der Waals surface area contributed by atoms with Gasteiger partial charge in [0.25, 0.3) is 0 Å². The smallest absolute Gasteiger partial charge is 0.00580 e. The summed E-state index contributed by atoms with van der Waals surface area (Å²) in [6.07, 6.45) is 1.28. The summed E-state index contributed by atoms with van der Waals surface area (Å²) >= 11 is 0. The van der Waals surface area contributed by atoms with E-state index >= 15 is 0 Å². The zero-order chi connectivity index (χ0) is 4.99. The van der Waals surface area contributed by atoms with Gasteiger partial charge in [-0.2, -0.15) is 0 Å². The van der Waals surface area contributed by atoms with Crippen LogP contribution in [0.3, 0.4) is 0 Å². The minimum atomic E-state index is 0.843. The predicted molar refractivity (Wildman–Crippen MR) is 41.8 cm³/mol. The molecule has 4 unspecified atom stereocenters. The molecule has 0 heterocycles. The fourth-order valence-electron chi connectivity index (χ4n) is 0.118. The molecule has 4 atom stereocenters. The zero-order valence-corrected chi connectivity index (χ0v) is 7.25. The Morgan fingerprint density at radius 1 is 1.83 bits per heavy atom. The van der Waals surface area contributed by atoms with Gasteiger partial charge in [0.15, 0.2) is 0 Å². The topological polar surface area (TPSA) is 0 Å². The Kier molecular flexibility index (Phi) is 5.41. The average Bonchev–Trinajstić information content (AvgIpc) is 1.65. The second-order valence-electron chi connectivity index (χ2n) is 1.18. The van der Waals surface area contributed by atoms with Crippen molar-refractivity contribution in [2.75, 3.05) is 0 Å². The molecule has 0 aliphatic carbocycles. The van der Waals surface area contributed by atoms with Gasteiger partial charge in [-0.15, -0.1) is 18.2 Å². The first-order chi connectivity index (χ1) is 2.81. The molecule has 0 bridgehead atoms. The van der Waals surface area contributed by atoms with Crippen molar-refractivity contribution in [3.63, 3.8) is 0 Å². The van der Waals surface area contributed by atoms with Gasteiger partial charge in [-0.25, -0.2) is 0 Å². The first kappa shape index (κ1) is 7.29. The van der Waals surface area contributed by atoms with Crippen LogP contribution < -0.4 is 0 Å². The first-order valence-corrected chi connectivity index (χ1v) is 5.58. The molecule has 0 aromatic heterocycles. The summed E-state index contributed by atoms with van der Waals surface area (Å²) in [6, 6.07) is 0. The van der Waals surface area contributed by atoms with Gasteiger partial charge in [-0.3, -0.25) is 0 Å². The molecule has 0 radical (unpaired) electrons. The van der Waals surface area contributed by atoms with Crippen LogP contribution in [-0.2, 0) is 0 Å². The van der Waals surface area contributed by atoms with Gasteiger partial charge in [0.05, 0.1) is 0 Å². The van der Waals surface area contributed by atoms with Crippen LogP contribution in [0.5, 0.6) is 0 Å². The molecule has 0 nitrogen and oxygen atoms in total. The third-order valence-electron chi connectivity index (χ3n) is 0.654. The number of rotatable bonds is 2. The average molecular weight is 140 g/mol. The van der Waals surface area contributed by atoms with Crippen molar-refractivity contribution in [1.82, 2.24) is 0 Å². The summed E-state index contributed by atoms with van der Waals surface area (Å²) in [5, 5.41) is 0.843. The maximum Gasteiger partial charge on any atom is -0.00580 e. The summed E-state index contributed by atoms with van der Waals surface area (Å²) in [5.74, 6) is 0. The lowest BCUT2D eigenvalue weighted by Gasteiger charge is -1.99. The van der Waals surface area contributed by atoms with Crippen LogP contribution in [0.1, 0.15) is 13.3 Å². The maximum absolute atomic E-state index is 2.80. The normalized spacial score (nSPS) is 16.5. The Morgan fingerprint density at radius 3 is 2.33 bits per heavy atom. The Morgan fingerprint density at radius 2 is 2.33 bits per heavy atom. The van der Waals surface area contributed by atoms with E-state index < -0.39 is 0 Å². The minimum absolute atomic E-state index is 0.843. The van der Waals surface area contributed by atoms with Crippen molar-refractivity contribution in [2.24, 2.45) is 0 Å². The minimum Gasteiger partial charge on any atom is -0.130 e. The molecule has 0 aromatic rings. The zero-order valence-electron chi connectivity index (χ0n) is 3.94. The van der Waals surface area contributed by atoms with Crippen LogP contribution in [0.25, 0.3) is 0 Å². The molecule has 0 rings (SSSR count). The van der Waals surface area contributed by atoms with Gasteiger partial charge >= 0.3 is 0 Å². The molecule has 0 aliphatic heterocycles. The molecule has 0 amide bonds. The highest BCUT2D eigenvalue weighted by molar-refractivity contribution is 8.05. The lowest BCUT2D eigenvalue weighted by molar-refractivity contribution is 1.06. The number of hydrogen-bond donors (Lipinski definition) is 0. The monoisotopic (exact) mass is 140 g/mol. The fraction of sp³-hybridized carbons (Fsp3) is 1.00. The van der Waals surface area contributed by atoms with Gasteiger partial charge in [0.2, 0.25) is 0 Å². The highest BCUT2D eigenvalue weighted by Gasteiger charge is 1.88. The highest BCUT2D eigenvalue weighted by atomic mass is 32.0. The molecule has 0 aliphatic rings. The third-order valence-corrected chi connectivity index (χ3v) is 4.98. The quantitative estimate of drug-likeness (QED) is 0.515. The Bertz CT molecular complexity index is 25.2. The summed E-state index contributed by atoms with van der Waals surface area (Å²) in [7, 11) is 6.56. The van der Waals surface area contributed by atoms with Crippen molar-refractivity contribution >= 4 is 26.4 Å². The van der Waals surface area contributed by atoms with Gasteiger partial charge in [0, 0.05) is 0 Å². The Labute approximate surface area is 45.9 Å². The van der Waals surface area contributed by atoms with Crippen LogP contribution in [0.4, 0.5) is 0 Å². The Balaban J connectivity index is 2.75. The molecule has 0 saturated heterocycles. The van der Waals surface area contributed by atoms with Crippen molar-refractivity contribution < 1.29 is 0 Å². The molecular weight excluding hydrogens is 129 g/mol. The molecule has 0 saturated carbocycles. The highest BCUT2D eigenvalue weighted by Crippen LogP contribution is 2.33. The van der Waals surface area contributed by atoms with Crippen molar-refractivity contribution in [1.29, 1.82) is 0 Å². The van der Waals surface area contributed by atoms with Crippen LogP contribution in [-0.4, -0.2) is 5.40 Å². The summed E-state index contributed by atoms with van der Waals surface area (Å²) in [4.78, 5) is 0. The van der Waals surface area contributed by atoms with Crippen LogP contribution in [0.15, 0.2) is 0 Å². The molecule has 3 heteroatoms. The van der Waals surface area contributed by atoms with Crippen LogP contribution in [0, 0.1) is 0 Å². The first-order valence-electron chi connectivity index (χ1n) is 2.03. The number of hydrogen-bond acceptors (Lipinski definition) is 0. The summed E-state index contributed by atoms with van der Waals surface area (Å²) < 4.78 is 0. The van der Waals surface area contributed by atoms with E-state index in [1.54, 1.807) is 0 Å². The predicted octanol–water partition coefficient (Wildman–Crippen LogP) is 2.07. The molecule has 0 spiro atoms. The van der Waals surface area contributed by atoms with Gasteiger partial charge < -0.3 is 0 Å². The molecule has 0 aromatic carbocycles. The standard InChI is InChI=1S/C3H11P3/c1-2-3(4)6-5/h3,6H,2,4-5H2,1H3. The summed E-state index contributed by atoms with van der Waals surface area (Å²) in [5.41, 5.74) is 0. The third kappa shape index (κ3) is 3.48. The van der Waals surface area contributed by atoms with E-state index in [4.69, 9.17) is 0 Å². The van der Waals surface area contributed by atoms with Crippen molar-refractivity contribution in [3.05, 3.63) is 0 Å². The van der Waals surface area contributed by atoms with E-state index in [0.29, 0.717) is 0 Å². The Hall–Kier alpha value is 1.29. The van der Waals surface area contributed by atoms with E-state index in [1.165, 1.54) is 6.42 Å². The second kappa shape index (κ2) is 4.45. The second-order valence-corrected chi connectivity index (χ2v) is 4.73. The van der Waals surface area contributed by atoms with Crippen molar-refractivity contribution in [2.45, 2.75) is 18.7 Å². The maximum atomic E-state index is 2.80. The van der Waals surface area contributed by atoms with E-state index in [-0.39, 0.29) is 0 Å². The van der Waals surface area contributed by atoms with Gasteiger partial charge in [-0.05, 0) is 11.8 Å². The van der Waals surface area contributed by atoms with Gasteiger partial charge in [-0.1, -0.05) is 15.2 Å². The molecule has 38 valence electrons. The van der Waals surface area contributed by atoms with E-state index in [1.807, 2.05) is 0 Å². The molecule has 6 heavy (non-hydrogen) atoms. The molecule has 0 fully saturated rings. The lowest BCUT2D eigenvalue weighted by atomic mass is 10.6. The van der Waals surface area contributed by atoms with Gasteiger partial charge in [0.1, 0.15) is 0 Å². The lowest BCUT2D eigenvalue weighted by Crippen LogP contribution is -1.76. The van der Waals surface area contributed by atoms with Crippen LogP contribution >= 0.6 is 26.4 Å². The summed E-state index contributed by atoms with van der Waals surface area (Å²) in [6.45, 7) is 2.20. The SMILES string of the molecule is CCC(P)PP. The van der Waals surface area contributed by atoms with Crippen LogP contribution in [0.2, 0.25) is 0 Å². The molecule has 0 N–H and O–H groups in total. The van der Waals surface area contributed by atoms with Crippen molar-refractivity contribution in [3.8, 4) is 0 Å². The largest absolute Gasteiger partial charge is 0.130 e. The van der Waals surface area contributed by atoms with E-state index in [2.05, 4.69) is 25.1 Å². The van der Waals surface area contributed by atoms with E-state index in [9.17, 15) is 0 Å². The van der Waals surface area contributed by atoms with E-state index in [0.717, 1.165) is 13.7 Å². The fourth-order valence-corrected chi connectivity index (χ4v) is 1.06.